The number of methoxy groups -OCH3 is 1. The van der Waals surface area contributed by atoms with Gasteiger partial charge in [0.2, 0.25) is 0 Å². The van der Waals surface area contributed by atoms with Crippen molar-refractivity contribution in [2.75, 3.05) is 13.7 Å². The van der Waals surface area contributed by atoms with Crippen molar-refractivity contribution in [3.05, 3.63) is 65.2 Å². The smallest absolute Gasteiger partial charge is 0.315 e. The van der Waals surface area contributed by atoms with E-state index in [-0.39, 0.29) is 18.2 Å². The molecule has 0 aliphatic rings. The average molecular weight is 326 g/mol. The van der Waals surface area contributed by atoms with Crippen molar-refractivity contribution in [3.8, 4) is 5.75 Å². The van der Waals surface area contributed by atoms with Crippen LogP contribution in [-0.4, -0.2) is 25.5 Å². The molecular weight excluding hydrogens is 304 g/mol. The van der Waals surface area contributed by atoms with Crippen LogP contribution in [0.3, 0.4) is 0 Å². The number of nitrogens with one attached hydrogen (secondary N) is 2. The Hall–Kier alpha value is -2.82. The topological polar surface area (TPSA) is 67.4 Å². The second kappa shape index (κ2) is 8.72. The molecule has 5 nitrogen and oxygen atoms in total. The van der Waals surface area contributed by atoms with Gasteiger partial charge in [-0.3, -0.25) is 4.79 Å². The molecule has 0 unspecified atom stereocenters. The van der Waals surface area contributed by atoms with Crippen molar-refractivity contribution < 1.29 is 14.3 Å². The van der Waals surface area contributed by atoms with Gasteiger partial charge >= 0.3 is 6.03 Å². The van der Waals surface area contributed by atoms with Crippen LogP contribution in [0.2, 0.25) is 0 Å². The minimum absolute atomic E-state index is 0.0168. The van der Waals surface area contributed by atoms with E-state index in [9.17, 15) is 9.59 Å². The summed E-state index contributed by atoms with van der Waals surface area (Å²) < 4.78 is 5.14. The lowest BCUT2D eigenvalue weighted by Crippen LogP contribution is -2.36. The summed E-state index contributed by atoms with van der Waals surface area (Å²) >= 11 is 0. The van der Waals surface area contributed by atoms with Gasteiger partial charge in [-0.1, -0.05) is 42.0 Å². The Bertz CT molecular complexity index is 696. The molecule has 2 aromatic rings. The number of carbonyl (C=O) groups excluding carboxylic acids is 2. The van der Waals surface area contributed by atoms with Gasteiger partial charge in [0, 0.05) is 25.1 Å². The number of ether oxygens (including phenoxy) is 1. The summed E-state index contributed by atoms with van der Waals surface area (Å²) in [6.07, 6.45) is 0.273. The summed E-state index contributed by atoms with van der Waals surface area (Å²) in [5.74, 6) is 0.765. The van der Waals surface area contributed by atoms with Gasteiger partial charge in [0.1, 0.15) is 5.75 Å². The fraction of sp³-hybridized carbons (Fsp3) is 0.263. The van der Waals surface area contributed by atoms with Crippen LogP contribution in [0.1, 0.15) is 27.9 Å². The Morgan fingerprint density at radius 1 is 1.04 bits per heavy atom. The molecule has 0 heterocycles. The molecule has 0 aromatic heterocycles. The highest BCUT2D eigenvalue weighted by molar-refractivity contribution is 5.96. The van der Waals surface area contributed by atoms with Crippen LogP contribution in [0.5, 0.6) is 5.75 Å². The lowest BCUT2D eigenvalue weighted by molar-refractivity contribution is 0.0983. The molecule has 2 rings (SSSR count). The standard InChI is InChI=1S/C19H22N2O3/c1-14-6-8-16(9-7-14)18(22)10-11-20-19(23)21-13-15-4-3-5-17(12-15)24-2/h3-9,12H,10-11,13H2,1-2H3,(H2,20,21,23). The third kappa shape index (κ3) is 5.43. The second-order valence-corrected chi connectivity index (χ2v) is 5.50. The van der Waals surface area contributed by atoms with Gasteiger partial charge in [-0.05, 0) is 24.6 Å². The number of amides is 2. The molecule has 24 heavy (non-hydrogen) atoms. The number of Topliss-reactive ketones (excluding diaryl/α,β-unsaturated/α-hetero) is 1. The van der Waals surface area contributed by atoms with E-state index in [2.05, 4.69) is 10.6 Å². The third-order valence-electron chi connectivity index (χ3n) is 3.60. The number of benzene rings is 2. The Kier molecular flexibility index (Phi) is 6.37. The largest absolute Gasteiger partial charge is 0.497 e. The molecule has 0 aliphatic carbocycles. The molecule has 0 radical (unpaired) electrons. The SMILES string of the molecule is COc1cccc(CNC(=O)NCCC(=O)c2ccc(C)cc2)c1. The maximum absolute atomic E-state index is 12.0. The molecule has 2 N–H and O–H groups in total. The van der Waals surface area contributed by atoms with Crippen molar-refractivity contribution in [3.63, 3.8) is 0 Å². The van der Waals surface area contributed by atoms with Gasteiger partial charge in [-0.15, -0.1) is 0 Å². The average Bonchev–Trinajstić information content (AvgIpc) is 2.60. The van der Waals surface area contributed by atoms with Crippen LogP contribution in [0.15, 0.2) is 48.5 Å². The first kappa shape index (κ1) is 17.5. The van der Waals surface area contributed by atoms with Gasteiger partial charge in [0.25, 0.3) is 0 Å². The zero-order valence-electron chi connectivity index (χ0n) is 14.0. The van der Waals surface area contributed by atoms with E-state index >= 15 is 0 Å². The second-order valence-electron chi connectivity index (χ2n) is 5.50. The molecule has 0 bridgehead atoms. The summed E-state index contributed by atoms with van der Waals surface area (Å²) in [5, 5.41) is 5.45. The summed E-state index contributed by atoms with van der Waals surface area (Å²) in [4.78, 5) is 23.8. The molecule has 2 amide bonds. The summed E-state index contributed by atoms with van der Waals surface area (Å²) in [7, 11) is 1.60. The molecule has 0 atom stereocenters. The van der Waals surface area contributed by atoms with Crippen LogP contribution in [-0.2, 0) is 6.54 Å². The first-order valence-corrected chi connectivity index (χ1v) is 7.83. The number of hydrogen-bond acceptors (Lipinski definition) is 3. The van der Waals surface area contributed by atoms with Crippen LogP contribution < -0.4 is 15.4 Å². The van der Waals surface area contributed by atoms with Crippen molar-refractivity contribution in [2.24, 2.45) is 0 Å². The number of hydrogen-bond donors (Lipinski definition) is 2. The van der Waals surface area contributed by atoms with Crippen molar-refractivity contribution in [2.45, 2.75) is 19.9 Å². The lowest BCUT2D eigenvalue weighted by atomic mass is 10.1. The molecule has 5 heteroatoms. The highest BCUT2D eigenvalue weighted by Crippen LogP contribution is 2.12. The fourth-order valence-electron chi connectivity index (χ4n) is 2.20. The highest BCUT2D eigenvalue weighted by atomic mass is 16.5. The highest BCUT2D eigenvalue weighted by Gasteiger charge is 2.07. The first-order chi connectivity index (χ1) is 11.6. The van der Waals surface area contributed by atoms with Crippen LogP contribution in [0.25, 0.3) is 0 Å². The third-order valence-corrected chi connectivity index (χ3v) is 3.60. The molecule has 0 saturated heterocycles. The van der Waals surface area contributed by atoms with E-state index in [1.807, 2.05) is 43.3 Å². The molecule has 0 saturated carbocycles. The van der Waals surface area contributed by atoms with E-state index in [1.165, 1.54) is 0 Å². The minimum atomic E-state index is -0.297. The normalized spacial score (nSPS) is 10.1. The minimum Gasteiger partial charge on any atom is -0.497 e. The number of ketones is 1. The van der Waals surface area contributed by atoms with Crippen LogP contribution >= 0.6 is 0 Å². The lowest BCUT2D eigenvalue weighted by Gasteiger charge is -2.08. The fourth-order valence-corrected chi connectivity index (χ4v) is 2.20. The Morgan fingerprint density at radius 3 is 2.50 bits per heavy atom. The van der Waals surface area contributed by atoms with Gasteiger partial charge in [0.05, 0.1) is 7.11 Å². The molecule has 0 spiro atoms. The van der Waals surface area contributed by atoms with Crippen LogP contribution in [0.4, 0.5) is 4.79 Å². The number of rotatable bonds is 7. The summed E-state index contributed by atoms with van der Waals surface area (Å²) in [6, 6.07) is 14.6. The number of urea groups is 1. The Balaban J connectivity index is 1.71. The van der Waals surface area contributed by atoms with E-state index in [0.29, 0.717) is 18.7 Å². The zero-order chi connectivity index (χ0) is 17.4. The Morgan fingerprint density at radius 2 is 1.79 bits per heavy atom. The summed E-state index contributed by atoms with van der Waals surface area (Å²) in [6.45, 7) is 2.67. The maximum Gasteiger partial charge on any atom is 0.315 e. The summed E-state index contributed by atoms with van der Waals surface area (Å²) in [5.41, 5.74) is 2.72. The number of aryl methyl sites for hydroxylation is 1. The monoisotopic (exact) mass is 326 g/mol. The maximum atomic E-state index is 12.0. The van der Waals surface area contributed by atoms with Gasteiger partial charge in [0.15, 0.2) is 5.78 Å². The molecule has 2 aromatic carbocycles. The van der Waals surface area contributed by atoms with Gasteiger partial charge < -0.3 is 15.4 Å². The van der Waals surface area contributed by atoms with Crippen LogP contribution in [0, 0.1) is 6.92 Å². The quantitative estimate of drug-likeness (QED) is 0.768. The zero-order valence-corrected chi connectivity index (χ0v) is 14.0. The predicted octanol–water partition coefficient (Wildman–Crippen LogP) is 3.08. The molecule has 0 fully saturated rings. The van der Waals surface area contributed by atoms with Crippen molar-refractivity contribution in [1.82, 2.24) is 10.6 Å². The van der Waals surface area contributed by atoms with E-state index in [1.54, 1.807) is 19.2 Å². The predicted molar refractivity (Wildman–Crippen MR) is 93.4 cm³/mol. The van der Waals surface area contributed by atoms with E-state index in [0.717, 1.165) is 16.9 Å². The van der Waals surface area contributed by atoms with E-state index < -0.39 is 0 Å². The molecule has 0 aliphatic heterocycles. The Labute approximate surface area is 142 Å². The van der Waals surface area contributed by atoms with Crippen molar-refractivity contribution in [1.29, 1.82) is 0 Å². The van der Waals surface area contributed by atoms with E-state index in [4.69, 9.17) is 4.74 Å². The first-order valence-electron chi connectivity index (χ1n) is 7.83. The molecular formula is C19H22N2O3. The molecule has 126 valence electrons. The van der Waals surface area contributed by atoms with Gasteiger partial charge in [-0.2, -0.15) is 0 Å². The van der Waals surface area contributed by atoms with Gasteiger partial charge in [-0.25, -0.2) is 4.79 Å². The van der Waals surface area contributed by atoms with Crippen molar-refractivity contribution >= 4 is 11.8 Å². The number of carbonyl (C=O) groups is 2.